The molecule has 1 aliphatic carbocycles. The third-order valence-corrected chi connectivity index (χ3v) is 5.58. The third kappa shape index (κ3) is 2.16. The maximum Gasteiger partial charge on any atom is 0.277 e. The number of rotatable bonds is 3. The Hall–Kier alpha value is -3.47. The van der Waals surface area contributed by atoms with E-state index >= 15 is 0 Å². The van der Waals surface area contributed by atoms with Crippen LogP contribution in [0.15, 0.2) is 35.4 Å². The van der Waals surface area contributed by atoms with E-state index in [0.717, 1.165) is 23.1 Å². The van der Waals surface area contributed by atoms with Gasteiger partial charge >= 0.3 is 0 Å². The largest absolute Gasteiger partial charge is 0.302 e. The zero-order valence-electron chi connectivity index (χ0n) is 15.9. The highest BCUT2D eigenvalue weighted by molar-refractivity contribution is 5.85. The molecule has 3 aromatic heterocycles. The van der Waals surface area contributed by atoms with Gasteiger partial charge in [-0.15, -0.1) is 9.78 Å². The number of para-hydroxylation sites is 2. The predicted octanol–water partition coefficient (Wildman–Crippen LogP) is 2.94. The number of aromatic nitrogens is 6. The Morgan fingerprint density at radius 1 is 1.25 bits per heavy atom. The summed E-state index contributed by atoms with van der Waals surface area (Å²) in [6.07, 6.45) is 4.69. The predicted molar refractivity (Wildman–Crippen MR) is 104 cm³/mol. The summed E-state index contributed by atoms with van der Waals surface area (Å²) >= 11 is 0. The van der Waals surface area contributed by atoms with Crippen LogP contribution in [0.5, 0.6) is 0 Å². The number of nitrogens with zero attached hydrogens (tertiary/aromatic N) is 7. The van der Waals surface area contributed by atoms with Crippen molar-refractivity contribution in [1.29, 1.82) is 5.26 Å². The van der Waals surface area contributed by atoms with Gasteiger partial charge in [-0.25, -0.2) is 4.98 Å². The number of fused-ring (bicyclic) bond motifs is 3. The molecule has 1 aliphatic rings. The van der Waals surface area contributed by atoms with E-state index in [0.29, 0.717) is 22.8 Å². The van der Waals surface area contributed by atoms with Crippen molar-refractivity contribution in [3.8, 4) is 17.6 Å². The highest BCUT2D eigenvalue weighted by Crippen LogP contribution is 2.49. The second-order valence-corrected chi connectivity index (χ2v) is 7.72. The van der Waals surface area contributed by atoms with Crippen LogP contribution in [0.1, 0.15) is 44.8 Å². The Bertz CT molecular complexity index is 1330. The van der Waals surface area contributed by atoms with Crippen LogP contribution in [-0.2, 0) is 0 Å². The van der Waals surface area contributed by atoms with E-state index < -0.39 is 0 Å². The van der Waals surface area contributed by atoms with Crippen molar-refractivity contribution in [3.63, 3.8) is 0 Å². The Morgan fingerprint density at radius 3 is 2.61 bits per heavy atom. The van der Waals surface area contributed by atoms with Gasteiger partial charge in [-0.1, -0.05) is 24.3 Å². The fourth-order valence-electron chi connectivity index (χ4n) is 4.05. The van der Waals surface area contributed by atoms with Crippen LogP contribution in [-0.4, -0.2) is 28.9 Å². The lowest BCUT2D eigenvalue weighted by molar-refractivity contribution is 0.601. The van der Waals surface area contributed by atoms with Crippen LogP contribution in [0.3, 0.4) is 0 Å². The molecule has 0 bridgehead atoms. The zero-order valence-corrected chi connectivity index (χ0v) is 15.9. The van der Waals surface area contributed by atoms with Gasteiger partial charge in [0.1, 0.15) is 23.2 Å². The lowest BCUT2D eigenvalue weighted by Crippen LogP contribution is -2.24. The molecule has 0 N–H and O–H groups in total. The molecule has 1 aromatic carbocycles. The molecule has 5 rings (SSSR count). The SMILES string of the molecule is CC1CC1c1nnn(C#N)c1-c1ncn2c1c(=O)n(C(C)C)c1ccccc12. The van der Waals surface area contributed by atoms with E-state index in [9.17, 15) is 10.1 Å². The molecular formula is C20H19N7O. The summed E-state index contributed by atoms with van der Waals surface area (Å²) in [4.78, 5) is 18.0. The summed E-state index contributed by atoms with van der Waals surface area (Å²) < 4.78 is 4.76. The Kier molecular flexibility index (Phi) is 3.43. The monoisotopic (exact) mass is 373 g/mol. The minimum absolute atomic E-state index is 0.0212. The number of imidazole rings is 1. The maximum atomic E-state index is 13.5. The van der Waals surface area contributed by atoms with Gasteiger partial charge in [-0.05, 0) is 38.3 Å². The molecule has 8 heteroatoms. The third-order valence-electron chi connectivity index (χ3n) is 5.58. The van der Waals surface area contributed by atoms with Crippen LogP contribution in [0.2, 0.25) is 0 Å². The smallest absolute Gasteiger partial charge is 0.277 e. The lowest BCUT2D eigenvalue weighted by Gasteiger charge is -2.15. The zero-order chi connectivity index (χ0) is 19.6. The first-order valence-corrected chi connectivity index (χ1v) is 9.39. The van der Waals surface area contributed by atoms with Crippen LogP contribution < -0.4 is 5.56 Å². The summed E-state index contributed by atoms with van der Waals surface area (Å²) in [5.74, 6) is 0.742. The first-order valence-electron chi connectivity index (χ1n) is 9.39. The molecular weight excluding hydrogens is 354 g/mol. The summed E-state index contributed by atoms with van der Waals surface area (Å²) in [6.45, 7) is 6.11. The van der Waals surface area contributed by atoms with Crippen molar-refractivity contribution in [1.82, 2.24) is 28.9 Å². The van der Waals surface area contributed by atoms with Gasteiger partial charge in [0.05, 0.1) is 16.7 Å². The van der Waals surface area contributed by atoms with Crippen molar-refractivity contribution >= 4 is 16.6 Å². The van der Waals surface area contributed by atoms with Crippen molar-refractivity contribution < 1.29 is 0 Å². The van der Waals surface area contributed by atoms with E-state index in [2.05, 4.69) is 22.2 Å². The molecule has 2 unspecified atom stereocenters. The van der Waals surface area contributed by atoms with E-state index in [4.69, 9.17) is 0 Å². The van der Waals surface area contributed by atoms with Gasteiger partial charge in [-0.2, -0.15) is 5.26 Å². The summed E-state index contributed by atoms with van der Waals surface area (Å²) in [5.41, 5.74) is 3.79. The van der Waals surface area contributed by atoms with Crippen molar-refractivity contribution in [2.24, 2.45) is 5.92 Å². The maximum absolute atomic E-state index is 13.5. The second-order valence-electron chi connectivity index (χ2n) is 7.72. The van der Waals surface area contributed by atoms with Gasteiger partial charge in [0.15, 0.2) is 0 Å². The molecule has 28 heavy (non-hydrogen) atoms. The molecule has 0 saturated heterocycles. The highest BCUT2D eigenvalue weighted by atomic mass is 16.1. The van der Waals surface area contributed by atoms with E-state index in [-0.39, 0.29) is 17.5 Å². The van der Waals surface area contributed by atoms with Gasteiger partial charge in [0.25, 0.3) is 5.56 Å². The first kappa shape index (κ1) is 16.7. The van der Waals surface area contributed by atoms with Crippen LogP contribution in [0.4, 0.5) is 0 Å². The normalized spacial score (nSPS) is 18.8. The molecule has 1 fully saturated rings. The van der Waals surface area contributed by atoms with Crippen LogP contribution in [0.25, 0.3) is 27.9 Å². The fraction of sp³-hybridized carbons (Fsp3) is 0.350. The molecule has 0 spiro atoms. The molecule has 0 amide bonds. The summed E-state index contributed by atoms with van der Waals surface area (Å²) in [5, 5.41) is 17.8. The summed E-state index contributed by atoms with van der Waals surface area (Å²) in [6, 6.07) is 7.75. The fourth-order valence-corrected chi connectivity index (χ4v) is 4.05. The van der Waals surface area contributed by atoms with Gasteiger partial charge < -0.3 is 4.57 Å². The topological polar surface area (TPSA) is 93.8 Å². The summed E-state index contributed by atoms with van der Waals surface area (Å²) in [7, 11) is 0. The molecule has 0 aliphatic heterocycles. The number of hydrogen-bond acceptors (Lipinski definition) is 5. The van der Waals surface area contributed by atoms with Gasteiger partial charge in [0, 0.05) is 12.0 Å². The lowest BCUT2D eigenvalue weighted by atomic mass is 10.1. The Morgan fingerprint density at radius 2 is 1.96 bits per heavy atom. The number of nitriles is 1. The van der Waals surface area contributed by atoms with E-state index in [1.54, 1.807) is 15.3 Å². The minimum atomic E-state index is -0.137. The molecule has 2 atom stereocenters. The molecule has 1 saturated carbocycles. The first-order chi connectivity index (χ1) is 13.5. The Balaban J connectivity index is 1.91. The van der Waals surface area contributed by atoms with Crippen LogP contribution >= 0.6 is 0 Å². The molecule has 3 heterocycles. The standard InChI is InChI=1S/C20H19N7O/c1-11(2)27-15-7-5-4-6-14(15)25-10-22-17(19(25)20(27)28)18-16(13-8-12(13)3)23-24-26(18)9-21/h4-7,10-13H,8H2,1-3H3. The van der Waals surface area contributed by atoms with E-state index in [1.807, 2.05) is 44.3 Å². The quantitative estimate of drug-likeness (QED) is 0.550. The van der Waals surface area contributed by atoms with Crippen molar-refractivity contribution in [3.05, 3.63) is 46.6 Å². The van der Waals surface area contributed by atoms with Crippen LogP contribution in [0, 0.1) is 17.4 Å². The number of hydrogen-bond donors (Lipinski definition) is 0. The highest BCUT2D eigenvalue weighted by Gasteiger charge is 2.40. The molecule has 140 valence electrons. The van der Waals surface area contributed by atoms with E-state index in [1.165, 1.54) is 4.68 Å². The number of benzene rings is 1. The van der Waals surface area contributed by atoms with Gasteiger partial charge in [0.2, 0.25) is 6.19 Å². The average Bonchev–Trinajstić information content (AvgIpc) is 3.09. The average molecular weight is 373 g/mol. The minimum Gasteiger partial charge on any atom is -0.302 e. The van der Waals surface area contributed by atoms with Gasteiger partial charge in [-0.3, -0.25) is 9.20 Å². The van der Waals surface area contributed by atoms with Crippen molar-refractivity contribution in [2.45, 2.75) is 39.2 Å². The second kappa shape index (κ2) is 5.76. The van der Waals surface area contributed by atoms with Crippen molar-refractivity contribution in [2.75, 3.05) is 0 Å². The Labute approximate surface area is 160 Å². The molecule has 4 aromatic rings. The molecule has 8 nitrogen and oxygen atoms in total. The molecule has 0 radical (unpaired) electrons.